The highest BCUT2D eigenvalue weighted by atomic mass is 32.2. The number of fused-ring (bicyclic) bond motifs is 1. The molecule has 0 aliphatic rings. The summed E-state index contributed by atoms with van der Waals surface area (Å²) in [7, 11) is 0.617. The number of nitrogens with zero attached hydrogens (tertiary/aromatic N) is 4. The number of ether oxygens (including phenoxy) is 1. The molecule has 0 bridgehead atoms. The Hall–Kier alpha value is -3.51. The lowest BCUT2D eigenvalue weighted by atomic mass is 10.1. The molecule has 3 N–H and O–H groups in total. The van der Waals surface area contributed by atoms with Crippen LogP contribution in [0.4, 0.5) is 5.69 Å². The number of sulfonamides is 1. The van der Waals surface area contributed by atoms with Crippen molar-refractivity contribution in [2.75, 3.05) is 26.5 Å². The standard InChI is InChI=1S/C21H26N6O5S/c1-12-15(13(2)27-21(24-12)16(11-23-27)20(22)29)7-9-19(28)25-17-10-14(6-8-18(17)32-5)33(30,31)26(3)4/h6,8,10-11H,7,9H2,1-5H3,(H2,22,29)(H,25,28). The highest BCUT2D eigenvalue weighted by molar-refractivity contribution is 7.89. The van der Waals surface area contributed by atoms with Gasteiger partial charge in [-0.1, -0.05) is 0 Å². The highest BCUT2D eigenvalue weighted by Crippen LogP contribution is 2.29. The largest absolute Gasteiger partial charge is 0.495 e. The van der Waals surface area contributed by atoms with E-state index in [1.807, 2.05) is 6.92 Å². The maximum atomic E-state index is 12.7. The fraction of sp³-hybridized carbons (Fsp3) is 0.333. The molecule has 0 radical (unpaired) electrons. The molecule has 12 heteroatoms. The number of rotatable bonds is 8. The predicted octanol–water partition coefficient (Wildman–Crippen LogP) is 1.28. The third-order valence-corrected chi connectivity index (χ3v) is 7.11. The second-order valence-electron chi connectivity index (χ2n) is 7.62. The Morgan fingerprint density at radius 3 is 2.55 bits per heavy atom. The van der Waals surface area contributed by atoms with Crippen LogP contribution in [0.3, 0.4) is 0 Å². The summed E-state index contributed by atoms with van der Waals surface area (Å²) >= 11 is 0. The lowest BCUT2D eigenvalue weighted by Gasteiger charge is -2.15. The zero-order valence-electron chi connectivity index (χ0n) is 19.0. The van der Waals surface area contributed by atoms with Gasteiger partial charge in [0.25, 0.3) is 5.91 Å². The van der Waals surface area contributed by atoms with Crippen molar-refractivity contribution >= 4 is 33.2 Å². The summed E-state index contributed by atoms with van der Waals surface area (Å²) in [6, 6.07) is 4.28. The predicted molar refractivity (Wildman–Crippen MR) is 122 cm³/mol. The second kappa shape index (κ2) is 9.16. The molecule has 3 aromatic rings. The number of nitrogens with one attached hydrogen (secondary N) is 1. The van der Waals surface area contributed by atoms with Gasteiger partial charge in [-0.25, -0.2) is 22.2 Å². The minimum absolute atomic E-state index is 0.0360. The van der Waals surface area contributed by atoms with E-state index in [0.717, 1.165) is 15.6 Å². The van der Waals surface area contributed by atoms with E-state index in [4.69, 9.17) is 10.5 Å². The van der Waals surface area contributed by atoms with Gasteiger partial charge in [-0.2, -0.15) is 5.10 Å². The van der Waals surface area contributed by atoms with Gasteiger partial charge in [-0.15, -0.1) is 0 Å². The number of primary amides is 1. The topological polar surface area (TPSA) is 149 Å². The average Bonchev–Trinajstić information content (AvgIpc) is 3.17. The Morgan fingerprint density at radius 1 is 1.24 bits per heavy atom. The summed E-state index contributed by atoms with van der Waals surface area (Å²) in [4.78, 5) is 28.7. The van der Waals surface area contributed by atoms with E-state index in [2.05, 4.69) is 15.4 Å². The number of amides is 2. The summed E-state index contributed by atoms with van der Waals surface area (Å²) in [5, 5.41) is 6.91. The summed E-state index contributed by atoms with van der Waals surface area (Å²) in [6.45, 7) is 3.61. The quantitative estimate of drug-likeness (QED) is 0.499. The van der Waals surface area contributed by atoms with Crippen LogP contribution in [0.5, 0.6) is 5.75 Å². The molecule has 2 aromatic heterocycles. The second-order valence-corrected chi connectivity index (χ2v) is 9.77. The molecule has 0 fully saturated rings. The van der Waals surface area contributed by atoms with E-state index < -0.39 is 15.9 Å². The lowest BCUT2D eigenvalue weighted by Crippen LogP contribution is -2.22. The van der Waals surface area contributed by atoms with Crippen LogP contribution in [-0.2, 0) is 21.2 Å². The lowest BCUT2D eigenvalue weighted by molar-refractivity contribution is -0.116. The number of aryl methyl sites for hydroxylation is 2. The number of hydrogen-bond donors (Lipinski definition) is 2. The van der Waals surface area contributed by atoms with Crippen molar-refractivity contribution in [1.29, 1.82) is 0 Å². The van der Waals surface area contributed by atoms with Gasteiger partial charge < -0.3 is 15.8 Å². The number of anilines is 1. The van der Waals surface area contributed by atoms with Crippen molar-refractivity contribution < 1.29 is 22.7 Å². The van der Waals surface area contributed by atoms with Crippen LogP contribution in [0.1, 0.15) is 33.7 Å². The van der Waals surface area contributed by atoms with Crippen LogP contribution in [0.15, 0.2) is 29.3 Å². The van der Waals surface area contributed by atoms with Crippen molar-refractivity contribution in [3.8, 4) is 5.75 Å². The van der Waals surface area contributed by atoms with Gasteiger partial charge in [0.15, 0.2) is 5.65 Å². The molecule has 1 aromatic carbocycles. The minimum Gasteiger partial charge on any atom is -0.495 e. The molecule has 0 saturated heterocycles. The molecule has 0 aliphatic carbocycles. The number of nitrogens with two attached hydrogens (primary N) is 1. The summed E-state index contributed by atoms with van der Waals surface area (Å²) in [6.07, 6.45) is 1.83. The van der Waals surface area contributed by atoms with Crippen LogP contribution in [0.25, 0.3) is 5.65 Å². The normalized spacial score (nSPS) is 11.7. The van der Waals surface area contributed by atoms with E-state index >= 15 is 0 Å². The van der Waals surface area contributed by atoms with Crippen LogP contribution >= 0.6 is 0 Å². The summed E-state index contributed by atoms with van der Waals surface area (Å²) in [5.41, 5.74) is 8.45. The van der Waals surface area contributed by atoms with Crippen molar-refractivity contribution in [3.63, 3.8) is 0 Å². The molecule has 33 heavy (non-hydrogen) atoms. The summed E-state index contributed by atoms with van der Waals surface area (Å²) in [5.74, 6) is -0.604. The van der Waals surface area contributed by atoms with E-state index in [9.17, 15) is 18.0 Å². The number of carbonyl (C=O) groups is 2. The first-order valence-electron chi connectivity index (χ1n) is 10.0. The molecule has 0 unspecified atom stereocenters. The number of hydrogen-bond acceptors (Lipinski definition) is 7. The van der Waals surface area contributed by atoms with Crippen molar-refractivity contribution in [2.45, 2.75) is 31.6 Å². The highest BCUT2D eigenvalue weighted by Gasteiger charge is 2.21. The maximum absolute atomic E-state index is 12.7. The Kier molecular flexibility index (Phi) is 6.70. The van der Waals surface area contributed by atoms with Gasteiger partial charge in [-0.3, -0.25) is 9.59 Å². The van der Waals surface area contributed by atoms with Crippen LogP contribution in [-0.4, -0.2) is 60.3 Å². The van der Waals surface area contributed by atoms with Gasteiger partial charge in [0.05, 0.1) is 23.9 Å². The third-order valence-electron chi connectivity index (χ3n) is 5.30. The Bertz CT molecular complexity index is 1350. The van der Waals surface area contributed by atoms with Crippen molar-refractivity contribution in [3.05, 3.63) is 46.9 Å². The van der Waals surface area contributed by atoms with Crippen LogP contribution in [0, 0.1) is 13.8 Å². The van der Waals surface area contributed by atoms with Crippen molar-refractivity contribution in [1.82, 2.24) is 18.9 Å². The molecule has 2 heterocycles. The number of methoxy groups -OCH3 is 1. The molecule has 0 saturated carbocycles. The zero-order chi connectivity index (χ0) is 24.5. The smallest absolute Gasteiger partial charge is 0.254 e. The molecular weight excluding hydrogens is 448 g/mol. The molecule has 176 valence electrons. The number of aromatic nitrogens is 3. The molecular formula is C21H26N6O5S. The van der Waals surface area contributed by atoms with E-state index in [1.54, 1.807) is 6.92 Å². The van der Waals surface area contributed by atoms with Crippen molar-refractivity contribution in [2.24, 2.45) is 5.73 Å². The van der Waals surface area contributed by atoms with Gasteiger partial charge in [0.2, 0.25) is 15.9 Å². The van der Waals surface area contributed by atoms with E-state index in [1.165, 1.54) is 50.1 Å². The fourth-order valence-corrected chi connectivity index (χ4v) is 4.38. The first kappa shape index (κ1) is 24.1. The van der Waals surface area contributed by atoms with Gasteiger partial charge >= 0.3 is 0 Å². The molecule has 3 rings (SSSR count). The average molecular weight is 475 g/mol. The number of carbonyl (C=O) groups excluding carboxylic acids is 2. The third kappa shape index (κ3) is 4.66. The monoisotopic (exact) mass is 474 g/mol. The first-order valence-corrected chi connectivity index (χ1v) is 11.5. The van der Waals surface area contributed by atoms with E-state index in [0.29, 0.717) is 23.5 Å². The number of benzene rings is 1. The van der Waals surface area contributed by atoms with Crippen LogP contribution < -0.4 is 15.8 Å². The fourth-order valence-electron chi connectivity index (χ4n) is 3.45. The molecule has 0 spiro atoms. The minimum atomic E-state index is -3.68. The Morgan fingerprint density at radius 2 is 1.94 bits per heavy atom. The maximum Gasteiger partial charge on any atom is 0.254 e. The Labute approximate surface area is 191 Å². The first-order chi connectivity index (χ1) is 15.5. The van der Waals surface area contributed by atoms with Gasteiger partial charge in [0, 0.05) is 31.9 Å². The van der Waals surface area contributed by atoms with Gasteiger partial charge in [0.1, 0.15) is 11.3 Å². The summed E-state index contributed by atoms with van der Waals surface area (Å²) < 4.78 is 32.7. The molecule has 0 atom stereocenters. The van der Waals surface area contributed by atoms with Crippen LogP contribution in [0.2, 0.25) is 0 Å². The zero-order valence-corrected chi connectivity index (χ0v) is 19.9. The molecule has 11 nitrogen and oxygen atoms in total. The van der Waals surface area contributed by atoms with E-state index in [-0.39, 0.29) is 28.5 Å². The van der Waals surface area contributed by atoms with Gasteiger partial charge in [-0.05, 0) is 44.0 Å². The Balaban J connectivity index is 1.82. The molecule has 2 amide bonds. The SMILES string of the molecule is COc1ccc(S(=O)(=O)N(C)C)cc1NC(=O)CCc1c(C)nc2c(C(N)=O)cnn2c1C. The molecule has 0 aliphatic heterocycles.